The van der Waals surface area contributed by atoms with E-state index in [2.05, 4.69) is 131 Å². The van der Waals surface area contributed by atoms with Crippen molar-refractivity contribution in [1.82, 2.24) is 9.80 Å². The molecule has 10 rings (SSSR count). The van der Waals surface area contributed by atoms with E-state index in [4.69, 9.17) is 9.47 Å². The lowest BCUT2D eigenvalue weighted by molar-refractivity contribution is 0.237. The van der Waals surface area contributed by atoms with Gasteiger partial charge in [0, 0.05) is 24.9 Å². The predicted molar refractivity (Wildman–Crippen MR) is 250 cm³/mol. The fourth-order valence-electron chi connectivity index (χ4n) is 10.7. The molecule has 2 N–H and O–H groups in total. The number of hydrogen-bond acceptors (Lipinski definition) is 6. The molecule has 2 aliphatic carbocycles. The van der Waals surface area contributed by atoms with Crippen LogP contribution in [0.5, 0.6) is 23.0 Å². The third-order valence-corrected chi connectivity index (χ3v) is 13.9. The fourth-order valence-corrected chi connectivity index (χ4v) is 10.7. The minimum absolute atomic E-state index is 0.283. The number of likely N-dealkylation sites (tertiary alicyclic amines) is 2. The molecule has 4 atom stereocenters. The Balaban J connectivity index is 0.000000158. The van der Waals surface area contributed by atoms with Crippen molar-refractivity contribution in [3.8, 4) is 23.0 Å². The van der Waals surface area contributed by atoms with E-state index in [9.17, 15) is 10.2 Å². The summed E-state index contributed by atoms with van der Waals surface area (Å²) < 4.78 is 12.1. The molecule has 6 heteroatoms. The molecule has 0 amide bonds. The lowest BCUT2D eigenvalue weighted by atomic mass is 9.69. The monoisotopic (exact) mass is 826 g/mol. The summed E-state index contributed by atoms with van der Waals surface area (Å²) in [5.74, 6) is 4.04. The molecule has 0 spiro atoms. The Labute approximate surface area is 368 Å². The topological polar surface area (TPSA) is 65.4 Å². The van der Waals surface area contributed by atoms with Crippen molar-refractivity contribution in [2.75, 3.05) is 52.5 Å². The summed E-state index contributed by atoms with van der Waals surface area (Å²) in [5.41, 5.74) is 10.6. The van der Waals surface area contributed by atoms with Gasteiger partial charge in [-0.1, -0.05) is 97.1 Å². The van der Waals surface area contributed by atoms with Crippen LogP contribution in [0.3, 0.4) is 0 Å². The summed E-state index contributed by atoms with van der Waals surface area (Å²) in [6, 6.07) is 50.9. The molecule has 0 bridgehead atoms. The van der Waals surface area contributed by atoms with Crippen LogP contribution in [0.4, 0.5) is 0 Å². The van der Waals surface area contributed by atoms with Gasteiger partial charge in [0.1, 0.15) is 36.2 Å². The molecular weight excluding hydrogens is 765 g/mol. The first-order valence-electron chi connectivity index (χ1n) is 23.2. The zero-order valence-corrected chi connectivity index (χ0v) is 36.1. The highest BCUT2D eigenvalue weighted by molar-refractivity contribution is 5.50. The minimum Gasteiger partial charge on any atom is -0.508 e. The Bertz CT molecular complexity index is 2150. The van der Waals surface area contributed by atoms with Crippen LogP contribution in [0.1, 0.15) is 107 Å². The number of ether oxygens (including phenoxy) is 2. The van der Waals surface area contributed by atoms with E-state index >= 15 is 0 Å². The fraction of sp³-hybridized carbons (Fsp3) is 0.357. The molecule has 2 heterocycles. The molecule has 62 heavy (non-hydrogen) atoms. The Hall–Kier alpha value is -5.56. The van der Waals surface area contributed by atoms with E-state index in [-0.39, 0.29) is 11.8 Å². The van der Waals surface area contributed by atoms with E-state index in [1.165, 1.54) is 96.4 Å². The summed E-state index contributed by atoms with van der Waals surface area (Å²) in [6.07, 6.45) is 9.43. The van der Waals surface area contributed by atoms with Gasteiger partial charge in [0.15, 0.2) is 0 Å². The number of hydrogen-bond donors (Lipinski definition) is 2. The van der Waals surface area contributed by atoms with Crippen LogP contribution < -0.4 is 9.47 Å². The maximum Gasteiger partial charge on any atom is 0.119 e. The number of benzene rings is 6. The molecule has 1 unspecified atom stereocenters. The van der Waals surface area contributed by atoms with Gasteiger partial charge < -0.3 is 19.7 Å². The molecule has 320 valence electrons. The second-order valence-electron chi connectivity index (χ2n) is 17.8. The number of phenols is 2. The summed E-state index contributed by atoms with van der Waals surface area (Å²) in [5, 5.41) is 20.0. The Kier molecular flexibility index (Phi) is 13.5. The summed E-state index contributed by atoms with van der Waals surface area (Å²) in [4.78, 5) is 4.96. The molecule has 6 nitrogen and oxygen atoms in total. The zero-order chi connectivity index (χ0) is 42.1. The van der Waals surface area contributed by atoms with Crippen LogP contribution in [0.15, 0.2) is 146 Å². The van der Waals surface area contributed by atoms with Gasteiger partial charge in [-0.15, -0.1) is 0 Å². The van der Waals surface area contributed by atoms with Crippen molar-refractivity contribution in [3.05, 3.63) is 190 Å². The van der Waals surface area contributed by atoms with Gasteiger partial charge >= 0.3 is 0 Å². The number of rotatable bonds is 12. The SMILES string of the molecule is Oc1ccc2c(c1)CC[C@@H](c1ccccc1)[C@H]2c1ccc(OCCN2CCCC2)cc1.Oc1ccc2c(c1)CC[C@H](c1ccccc1)C2c1ccc(OCCN2CCCC2)cc1. The normalized spacial score (nSPS) is 21.0. The molecule has 0 aromatic heterocycles. The average Bonchev–Trinajstić information content (AvgIpc) is 4.05. The second kappa shape index (κ2) is 20.1. The summed E-state index contributed by atoms with van der Waals surface area (Å²) >= 11 is 0. The number of aryl methyl sites for hydroxylation is 2. The highest BCUT2D eigenvalue weighted by Gasteiger charge is 2.33. The van der Waals surface area contributed by atoms with Crippen LogP contribution in [-0.2, 0) is 12.8 Å². The van der Waals surface area contributed by atoms with Crippen LogP contribution in [0, 0.1) is 0 Å². The third-order valence-electron chi connectivity index (χ3n) is 13.9. The van der Waals surface area contributed by atoms with Crippen LogP contribution in [0.2, 0.25) is 0 Å². The van der Waals surface area contributed by atoms with E-state index < -0.39 is 0 Å². The molecule has 2 saturated heterocycles. The van der Waals surface area contributed by atoms with Gasteiger partial charge in [-0.3, -0.25) is 9.80 Å². The van der Waals surface area contributed by atoms with Crippen LogP contribution >= 0.6 is 0 Å². The Morgan fingerprint density at radius 1 is 0.435 bits per heavy atom. The number of fused-ring (bicyclic) bond motifs is 2. The maximum atomic E-state index is 10.0. The van der Waals surface area contributed by atoms with E-state index in [0.29, 0.717) is 23.3 Å². The maximum absolute atomic E-state index is 10.0. The summed E-state index contributed by atoms with van der Waals surface area (Å²) in [6.45, 7) is 8.35. The zero-order valence-electron chi connectivity index (χ0n) is 36.1. The molecule has 0 radical (unpaired) electrons. The summed E-state index contributed by atoms with van der Waals surface area (Å²) in [7, 11) is 0. The number of nitrogens with zero attached hydrogens (tertiary/aromatic N) is 2. The van der Waals surface area contributed by atoms with Crippen LogP contribution in [0.25, 0.3) is 0 Å². The van der Waals surface area contributed by atoms with Gasteiger partial charge in [0.25, 0.3) is 0 Å². The molecule has 4 aliphatic rings. The molecule has 6 aromatic carbocycles. The molecule has 0 saturated carbocycles. The first-order chi connectivity index (χ1) is 30.6. The highest BCUT2D eigenvalue weighted by Crippen LogP contribution is 2.48. The highest BCUT2D eigenvalue weighted by atomic mass is 16.5. The lowest BCUT2D eigenvalue weighted by Crippen LogP contribution is -2.25. The standard InChI is InChI=1S/2C28H31NO2/c2*30-24-11-15-27-23(20-24)10-14-26(21-6-2-1-3-7-21)28(27)22-8-12-25(13-9-22)31-19-18-29-16-4-5-17-29/h2*1-3,6-9,11-13,15,20,26,28,30H,4-5,10,14,16-19H2/t26-,28?;26-,28+/m10/s1. The Morgan fingerprint density at radius 2 is 0.823 bits per heavy atom. The van der Waals surface area contributed by atoms with Crippen molar-refractivity contribution in [2.24, 2.45) is 0 Å². The number of aromatic hydroxyl groups is 2. The van der Waals surface area contributed by atoms with Gasteiger partial charge in [-0.2, -0.15) is 0 Å². The van der Waals surface area contributed by atoms with E-state index in [1.54, 1.807) is 0 Å². The van der Waals surface area contributed by atoms with Crippen molar-refractivity contribution in [1.29, 1.82) is 0 Å². The average molecular weight is 827 g/mol. The largest absolute Gasteiger partial charge is 0.508 e. The lowest BCUT2D eigenvalue weighted by Gasteiger charge is -2.35. The van der Waals surface area contributed by atoms with E-state index in [0.717, 1.165) is 63.5 Å². The predicted octanol–water partition coefficient (Wildman–Crippen LogP) is 11.5. The molecule has 2 fully saturated rings. The van der Waals surface area contributed by atoms with Crippen molar-refractivity contribution in [3.63, 3.8) is 0 Å². The number of phenolic OH excluding ortho intramolecular Hbond substituents is 2. The van der Waals surface area contributed by atoms with Crippen LogP contribution in [-0.4, -0.2) is 72.5 Å². The smallest absolute Gasteiger partial charge is 0.119 e. The Morgan fingerprint density at radius 3 is 1.21 bits per heavy atom. The first kappa shape index (κ1) is 41.8. The molecule has 2 aliphatic heterocycles. The first-order valence-corrected chi connectivity index (χ1v) is 23.2. The van der Waals surface area contributed by atoms with Gasteiger partial charge in [0.2, 0.25) is 0 Å². The van der Waals surface area contributed by atoms with Crippen molar-refractivity contribution >= 4 is 0 Å². The van der Waals surface area contributed by atoms with Gasteiger partial charge in [-0.05, 0) is 182 Å². The van der Waals surface area contributed by atoms with Gasteiger partial charge in [0.05, 0.1) is 0 Å². The second-order valence-corrected chi connectivity index (χ2v) is 17.8. The van der Waals surface area contributed by atoms with Crippen molar-refractivity contribution < 1.29 is 19.7 Å². The van der Waals surface area contributed by atoms with Gasteiger partial charge in [-0.25, -0.2) is 0 Å². The third kappa shape index (κ3) is 10.0. The van der Waals surface area contributed by atoms with Crippen molar-refractivity contribution in [2.45, 2.75) is 75.0 Å². The molecular formula is C56H62N2O4. The quantitative estimate of drug-likeness (QED) is 0.128. The minimum atomic E-state index is 0.283. The van der Waals surface area contributed by atoms with E-state index in [1.807, 2.05) is 24.3 Å². The molecule has 6 aromatic rings.